The van der Waals surface area contributed by atoms with Crippen molar-refractivity contribution in [1.82, 2.24) is 0 Å². The third-order valence-electron chi connectivity index (χ3n) is 1.55. The van der Waals surface area contributed by atoms with Gasteiger partial charge in [-0.05, 0) is 13.8 Å². The number of carbonyl (C=O) groups is 1. The molecule has 0 amide bonds. The summed E-state index contributed by atoms with van der Waals surface area (Å²) in [4.78, 5) is 11.1. The summed E-state index contributed by atoms with van der Waals surface area (Å²) in [6, 6.07) is 0. The van der Waals surface area contributed by atoms with Crippen LogP contribution >= 0.6 is 11.6 Å². The summed E-state index contributed by atoms with van der Waals surface area (Å²) in [5.74, 6) is 0.418. The van der Waals surface area contributed by atoms with Crippen molar-refractivity contribution in [3.8, 4) is 0 Å². The van der Waals surface area contributed by atoms with Crippen LogP contribution in [0.3, 0.4) is 0 Å². The highest BCUT2D eigenvalue weighted by Crippen LogP contribution is 2.28. The molecule has 0 radical (unpaired) electrons. The molecule has 0 saturated heterocycles. The molecule has 0 aromatic carbocycles. The molecule has 1 aliphatic rings. The van der Waals surface area contributed by atoms with Crippen LogP contribution in [0.4, 0.5) is 0 Å². The van der Waals surface area contributed by atoms with Gasteiger partial charge in [0.05, 0.1) is 5.03 Å². The first-order valence-electron chi connectivity index (χ1n) is 3.69. The lowest BCUT2D eigenvalue weighted by Crippen LogP contribution is -2.31. The molecule has 0 N–H and O–H groups in total. The lowest BCUT2D eigenvalue weighted by atomic mass is 9.98. The molecule has 0 aromatic heterocycles. The molecule has 0 saturated carbocycles. The lowest BCUT2D eigenvalue weighted by molar-refractivity contribution is -0.121. The van der Waals surface area contributed by atoms with Gasteiger partial charge in [0.25, 0.3) is 0 Å². The Bertz CT molecular complexity index is 264. The van der Waals surface area contributed by atoms with Gasteiger partial charge in [0, 0.05) is 12.5 Å². The van der Waals surface area contributed by atoms with E-state index in [9.17, 15) is 4.79 Å². The summed E-state index contributed by atoms with van der Waals surface area (Å²) in [5, 5.41) is 0.274. The van der Waals surface area contributed by atoms with E-state index < -0.39 is 5.60 Å². The minimum Gasteiger partial charge on any atom is -0.486 e. The van der Waals surface area contributed by atoms with Crippen molar-refractivity contribution in [1.29, 1.82) is 0 Å². The largest absolute Gasteiger partial charge is 0.486 e. The average Bonchev–Trinajstić information content (AvgIpc) is 1.82. The van der Waals surface area contributed by atoms with Gasteiger partial charge in [0.1, 0.15) is 11.4 Å². The van der Waals surface area contributed by atoms with Crippen molar-refractivity contribution >= 4 is 17.4 Å². The van der Waals surface area contributed by atoms with E-state index in [4.69, 9.17) is 16.3 Å². The van der Waals surface area contributed by atoms with E-state index >= 15 is 0 Å². The van der Waals surface area contributed by atoms with Gasteiger partial charge in [-0.15, -0.1) is 0 Å². The van der Waals surface area contributed by atoms with Gasteiger partial charge >= 0.3 is 0 Å². The second-order valence-electron chi connectivity index (χ2n) is 3.42. The van der Waals surface area contributed by atoms with E-state index in [0.717, 1.165) is 0 Å². The van der Waals surface area contributed by atoms with Gasteiger partial charge in [0.15, 0.2) is 5.78 Å². The van der Waals surface area contributed by atoms with Crippen LogP contribution in [-0.4, -0.2) is 11.4 Å². The van der Waals surface area contributed by atoms with Crippen LogP contribution in [0.2, 0.25) is 0 Å². The summed E-state index contributed by atoms with van der Waals surface area (Å²) in [5.41, 5.74) is -0.459. The average molecular weight is 187 g/mol. The van der Waals surface area contributed by atoms with E-state index in [1.54, 1.807) is 0 Å². The standard InChI is InChI=1S/C9H11ClO2/c1-6(10)8-4-7(11)5-9(2,3)12-8/h4H,1,5H2,2-3H3. The maximum Gasteiger partial charge on any atom is 0.163 e. The lowest BCUT2D eigenvalue weighted by Gasteiger charge is -2.30. The van der Waals surface area contributed by atoms with Gasteiger partial charge in [-0.3, -0.25) is 4.79 Å². The van der Waals surface area contributed by atoms with Gasteiger partial charge in [0.2, 0.25) is 0 Å². The fourth-order valence-corrected chi connectivity index (χ4v) is 1.21. The van der Waals surface area contributed by atoms with E-state index in [1.165, 1.54) is 6.08 Å². The number of carbonyl (C=O) groups excluding carboxylic acids is 1. The quantitative estimate of drug-likeness (QED) is 0.629. The molecule has 0 fully saturated rings. The zero-order chi connectivity index (χ0) is 9.35. The minimum absolute atomic E-state index is 0.0306. The van der Waals surface area contributed by atoms with Gasteiger partial charge in [-0.1, -0.05) is 18.2 Å². The Morgan fingerprint density at radius 2 is 2.33 bits per heavy atom. The predicted molar refractivity (Wildman–Crippen MR) is 47.9 cm³/mol. The summed E-state index contributed by atoms with van der Waals surface area (Å²) in [7, 11) is 0. The fourth-order valence-electron chi connectivity index (χ4n) is 1.11. The molecular formula is C9H11ClO2. The molecular weight excluding hydrogens is 176 g/mol. The van der Waals surface area contributed by atoms with Crippen molar-refractivity contribution in [2.75, 3.05) is 0 Å². The molecule has 0 atom stereocenters. The first-order chi connectivity index (χ1) is 5.41. The second-order valence-corrected chi connectivity index (χ2v) is 3.87. The molecule has 0 bridgehead atoms. The molecule has 0 aromatic rings. The van der Waals surface area contributed by atoms with Crippen molar-refractivity contribution in [3.63, 3.8) is 0 Å². The van der Waals surface area contributed by atoms with Crippen molar-refractivity contribution in [2.24, 2.45) is 0 Å². The third-order valence-corrected chi connectivity index (χ3v) is 1.73. The number of ether oxygens (including phenoxy) is 1. The number of rotatable bonds is 1. The van der Waals surface area contributed by atoms with Crippen LogP contribution < -0.4 is 0 Å². The summed E-state index contributed by atoms with van der Waals surface area (Å²) >= 11 is 5.61. The SMILES string of the molecule is C=C(Cl)C1=CC(=O)CC(C)(C)O1. The number of halogens is 1. The van der Waals surface area contributed by atoms with Crippen LogP contribution in [0.25, 0.3) is 0 Å². The molecule has 1 heterocycles. The highest BCUT2D eigenvalue weighted by molar-refractivity contribution is 6.31. The Kier molecular flexibility index (Phi) is 2.29. The van der Waals surface area contributed by atoms with Crippen LogP contribution in [0.15, 0.2) is 23.4 Å². The highest BCUT2D eigenvalue weighted by atomic mass is 35.5. The Labute approximate surface area is 76.9 Å². The number of hydrogen-bond donors (Lipinski definition) is 0. The Morgan fingerprint density at radius 3 is 2.75 bits per heavy atom. The maximum absolute atomic E-state index is 11.1. The van der Waals surface area contributed by atoms with Crippen molar-refractivity contribution < 1.29 is 9.53 Å². The van der Waals surface area contributed by atoms with Crippen LogP contribution in [-0.2, 0) is 9.53 Å². The van der Waals surface area contributed by atoms with E-state index in [1.807, 2.05) is 13.8 Å². The molecule has 12 heavy (non-hydrogen) atoms. The molecule has 1 rings (SSSR count). The maximum atomic E-state index is 11.1. The van der Waals surface area contributed by atoms with Crippen molar-refractivity contribution in [3.05, 3.63) is 23.4 Å². The smallest absolute Gasteiger partial charge is 0.163 e. The molecule has 1 aliphatic heterocycles. The van der Waals surface area contributed by atoms with Gasteiger partial charge in [-0.25, -0.2) is 0 Å². The van der Waals surface area contributed by atoms with E-state index in [-0.39, 0.29) is 10.8 Å². The highest BCUT2D eigenvalue weighted by Gasteiger charge is 2.29. The molecule has 3 heteroatoms. The van der Waals surface area contributed by atoms with Crippen LogP contribution in [0.1, 0.15) is 20.3 Å². The Balaban J connectivity index is 2.91. The van der Waals surface area contributed by atoms with Crippen LogP contribution in [0, 0.1) is 0 Å². The fraction of sp³-hybridized carbons (Fsp3) is 0.444. The van der Waals surface area contributed by atoms with Crippen LogP contribution in [0.5, 0.6) is 0 Å². The molecule has 0 aliphatic carbocycles. The minimum atomic E-state index is -0.459. The van der Waals surface area contributed by atoms with Gasteiger partial charge in [-0.2, -0.15) is 0 Å². The Hall–Kier alpha value is -0.760. The molecule has 66 valence electrons. The normalized spacial score (nSPS) is 21.2. The monoisotopic (exact) mass is 186 g/mol. The van der Waals surface area contributed by atoms with Crippen molar-refractivity contribution in [2.45, 2.75) is 25.9 Å². The zero-order valence-electron chi connectivity index (χ0n) is 7.19. The van der Waals surface area contributed by atoms with E-state index in [2.05, 4.69) is 6.58 Å². The zero-order valence-corrected chi connectivity index (χ0v) is 7.94. The summed E-state index contributed by atoms with van der Waals surface area (Å²) in [6.45, 7) is 7.19. The molecule has 0 spiro atoms. The summed E-state index contributed by atoms with van der Waals surface area (Å²) in [6.07, 6.45) is 1.78. The number of allylic oxidation sites excluding steroid dienone is 2. The topological polar surface area (TPSA) is 26.3 Å². The molecule has 0 unspecified atom stereocenters. The first kappa shape index (κ1) is 9.33. The second kappa shape index (κ2) is 2.94. The van der Waals surface area contributed by atoms with Gasteiger partial charge < -0.3 is 4.74 Å². The summed E-state index contributed by atoms with van der Waals surface area (Å²) < 4.78 is 5.41. The van der Waals surface area contributed by atoms with E-state index in [0.29, 0.717) is 12.2 Å². The first-order valence-corrected chi connectivity index (χ1v) is 4.07. The predicted octanol–water partition coefficient (Wildman–Crippen LogP) is 2.39. The number of hydrogen-bond acceptors (Lipinski definition) is 2. The molecule has 2 nitrogen and oxygen atoms in total. The third kappa shape index (κ3) is 2.11. The Morgan fingerprint density at radius 1 is 1.75 bits per heavy atom. The number of ketones is 1.